The van der Waals surface area contributed by atoms with Crippen LogP contribution in [0.2, 0.25) is 10.0 Å². The van der Waals surface area contributed by atoms with Crippen molar-refractivity contribution in [1.29, 1.82) is 0 Å². The molecule has 1 aromatic rings. The number of nitrogens with zero attached hydrogens (tertiary/aromatic N) is 1. The molecule has 0 aliphatic heterocycles. The normalized spacial score (nSPS) is 11.4. The maximum Gasteiger partial charge on any atom is 0.318 e. The number of primary amides is 1. The summed E-state index contributed by atoms with van der Waals surface area (Å²) < 4.78 is 0.582. The van der Waals surface area contributed by atoms with Gasteiger partial charge in [-0.15, -0.1) is 0 Å². The number of nitrogens with two attached hydrogens (primary N) is 2. The number of urea groups is 1. The lowest BCUT2D eigenvalue weighted by Gasteiger charge is -2.08. The van der Waals surface area contributed by atoms with Crippen molar-refractivity contribution in [3.05, 3.63) is 26.1 Å². The van der Waals surface area contributed by atoms with Crippen LogP contribution in [0.15, 0.2) is 15.5 Å². The molecule has 0 aromatic heterocycles. The third-order valence-corrected chi connectivity index (χ3v) is 3.92. The molecule has 0 fully saturated rings. The molecule has 0 atom stereocenters. The topological polar surface area (TPSA) is 93.5 Å². The lowest BCUT2D eigenvalue weighted by Crippen LogP contribution is -2.39. The monoisotopic (exact) mass is 338 g/mol. The zero-order valence-corrected chi connectivity index (χ0v) is 11.8. The predicted molar refractivity (Wildman–Crippen MR) is 72.9 cm³/mol. The van der Waals surface area contributed by atoms with Gasteiger partial charge in [-0.05, 0) is 34.5 Å². The molecule has 5 nitrogen and oxygen atoms in total. The molecule has 1 rings (SSSR count). The number of benzene rings is 1. The molecule has 0 saturated heterocycles. The van der Waals surface area contributed by atoms with Gasteiger partial charge in [0.05, 0.1) is 20.2 Å². The van der Waals surface area contributed by atoms with E-state index in [2.05, 4.69) is 26.2 Å². The Hall–Kier alpha value is -0.980. The highest BCUT2D eigenvalue weighted by Gasteiger charge is 2.11. The minimum Gasteiger partial charge on any atom is -0.369 e. The maximum absolute atomic E-state index is 10.6. The molecule has 8 heteroatoms. The van der Waals surface area contributed by atoms with Gasteiger partial charge >= 0.3 is 6.03 Å². The van der Waals surface area contributed by atoms with Crippen LogP contribution in [-0.2, 0) is 0 Å². The van der Waals surface area contributed by atoms with E-state index < -0.39 is 6.03 Å². The molecule has 2 amide bonds. The first-order valence-corrected chi connectivity index (χ1v) is 5.92. The summed E-state index contributed by atoms with van der Waals surface area (Å²) in [5.41, 5.74) is 11.5. The number of rotatable bonds is 1. The van der Waals surface area contributed by atoms with Crippen LogP contribution >= 0.6 is 39.1 Å². The first-order chi connectivity index (χ1) is 7.82. The zero-order valence-electron chi connectivity index (χ0n) is 8.72. The van der Waals surface area contributed by atoms with Gasteiger partial charge in [0, 0.05) is 0 Å². The summed E-state index contributed by atoms with van der Waals surface area (Å²) >= 11 is 15.2. The smallest absolute Gasteiger partial charge is 0.318 e. The maximum atomic E-state index is 10.6. The first kappa shape index (κ1) is 14.1. The fraction of sp³-hybridized carbons (Fsp3) is 0.111. The minimum absolute atomic E-state index is 0.130. The van der Waals surface area contributed by atoms with Crippen molar-refractivity contribution >= 4 is 56.8 Å². The molecule has 0 radical (unpaired) electrons. The van der Waals surface area contributed by atoms with Crippen LogP contribution in [0.25, 0.3) is 0 Å². The largest absolute Gasteiger partial charge is 0.369 e. The van der Waals surface area contributed by atoms with E-state index in [1.165, 1.54) is 0 Å². The number of nitrogens with one attached hydrogen (secondary N) is 1. The number of carbonyl (C=O) groups excluding carboxylic acids is 1. The lowest BCUT2D eigenvalue weighted by molar-refractivity contribution is 0.253. The van der Waals surface area contributed by atoms with Crippen LogP contribution < -0.4 is 16.8 Å². The summed E-state index contributed by atoms with van der Waals surface area (Å²) in [5.74, 6) is -0.130. The molecule has 1 aromatic carbocycles. The van der Waals surface area contributed by atoms with Crippen molar-refractivity contribution in [1.82, 2.24) is 5.32 Å². The van der Waals surface area contributed by atoms with E-state index in [9.17, 15) is 4.79 Å². The highest BCUT2D eigenvalue weighted by Crippen LogP contribution is 2.38. The number of carbonyl (C=O) groups is 1. The summed E-state index contributed by atoms with van der Waals surface area (Å²) in [6.07, 6.45) is 0. The fourth-order valence-electron chi connectivity index (χ4n) is 1.07. The first-order valence-electron chi connectivity index (χ1n) is 4.37. The minimum atomic E-state index is -0.793. The Bertz CT molecular complexity index is 504. The van der Waals surface area contributed by atoms with Gasteiger partial charge in [0.15, 0.2) is 0 Å². The third-order valence-electron chi connectivity index (χ3n) is 1.87. The Balaban J connectivity index is 3.20. The van der Waals surface area contributed by atoms with Crippen LogP contribution in [0, 0.1) is 6.92 Å². The van der Waals surface area contributed by atoms with Crippen molar-refractivity contribution in [3.8, 4) is 0 Å². The van der Waals surface area contributed by atoms with E-state index in [4.69, 9.17) is 34.7 Å². The highest BCUT2D eigenvalue weighted by atomic mass is 79.9. The molecular weight excluding hydrogens is 331 g/mol. The second-order valence-corrected chi connectivity index (χ2v) is 4.69. The highest BCUT2D eigenvalue weighted by molar-refractivity contribution is 9.10. The quantitative estimate of drug-likeness (QED) is 0.417. The summed E-state index contributed by atoms with van der Waals surface area (Å²) in [6, 6.07) is 0.778. The van der Waals surface area contributed by atoms with Gasteiger partial charge in [-0.25, -0.2) is 9.79 Å². The molecule has 0 aliphatic rings. The van der Waals surface area contributed by atoms with Crippen LogP contribution in [0.1, 0.15) is 5.56 Å². The lowest BCUT2D eigenvalue weighted by atomic mass is 10.2. The Labute approximate surface area is 116 Å². The van der Waals surface area contributed by atoms with Gasteiger partial charge in [0.25, 0.3) is 0 Å². The number of halogens is 3. The molecular formula is C9H9BrCl2N4O. The van der Waals surface area contributed by atoms with Crippen molar-refractivity contribution < 1.29 is 4.79 Å². The van der Waals surface area contributed by atoms with Gasteiger partial charge in [-0.3, -0.25) is 5.32 Å². The van der Waals surface area contributed by atoms with E-state index in [1.807, 2.05) is 0 Å². The van der Waals surface area contributed by atoms with E-state index >= 15 is 0 Å². The number of aliphatic imine (C=N–C) groups is 1. The second-order valence-electron chi connectivity index (χ2n) is 3.12. The molecule has 0 bridgehead atoms. The van der Waals surface area contributed by atoms with Gasteiger partial charge in [-0.1, -0.05) is 23.2 Å². The van der Waals surface area contributed by atoms with Crippen molar-refractivity contribution in [2.24, 2.45) is 16.5 Å². The number of guanidine groups is 1. The molecule has 0 unspecified atom stereocenters. The second kappa shape index (κ2) is 5.57. The Morgan fingerprint density at radius 3 is 2.59 bits per heavy atom. The fourth-order valence-corrected chi connectivity index (χ4v) is 1.93. The zero-order chi connectivity index (χ0) is 13.2. The van der Waals surface area contributed by atoms with Crippen molar-refractivity contribution in [2.45, 2.75) is 6.92 Å². The number of amides is 2. The Morgan fingerprint density at radius 2 is 2.06 bits per heavy atom. The van der Waals surface area contributed by atoms with Gasteiger partial charge < -0.3 is 11.5 Å². The summed E-state index contributed by atoms with van der Waals surface area (Å²) in [4.78, 5) is 14.5. The molecule has 0 aliphatic carbocycles. The number of hydrogen-bond acceptors (Lipinski definition) is 2. The van der Waals surface area contributed by atoms with E-state index in [0.717, 1.165) is 0 Å². The van der Waals surface area contributed by atoms with Crippen molar-refractivity contribution in [3.63, 3.8) is 0 Å². The molecule has 0 saturated carbocycles. The van der Waals surface area contributed by atoms with Crippen LogP contribution in [0.4, 0.5) is 10.5 Å². The van der Waals surface area contributed by atoms with Crippen LogP contribution in [-0.4, -0.2) is 12.0 Å². The standard InChI is InChI=1S/C9H9BrCl2N4O/c1-3-5(15-8(13)16-9(14)17)2-4(11)6(10)7(3)12/h2H,1H3,(H5,13,14,15,16,17). The summed E-state index contributed by atoms with van der Waals surface area (Å²) in [5, 5.41) is 2.97. The molecule has 17 heavy (non-hydrogen) atoms. The molecule has 92 valence electrons. The van der Waals surface area contributed by atoms with Crippen LogP contribution in [0.3, 0.4) is 0 Å². The SMILES string of the molecule is Cc1c(N=C(N)NC(N)=O)cc(Cl)c(Br)c1Cl. The van der Waals surface area contributed by atoms with Gasteiger partial charge in [-0.2, -0.15) is 0 Å². The average molecular weight is 340 g/mol. The average Bonchev–Trinajstić information content (AvgIpc) is 2.21. The molecule has 0 spiro atoms. The van der Waals surface area contributed by atoms with E-state index in [-0.39, 0.29) is 5.96 Å². The summed E-state index contributed by atoms with van der Waals surface area (Å²) in [6.45, 7) is 1.75. The van der Waals surface area contributed by atoms with E-state index in [1.54, 1.807) is 13.0 Å². The molecule has 5 N–H and O–H groups in total. The number of hydrogen-bond donors (Lipinski definition) is 3. The summed E-state index contributed by atoms with van der Waals surface area (Å²) in [7, 11) is 0. The van der Waals surface area contributed by atoms with E-state index in [0.29, 0.717) is 25.8 Å². The Kier molecular flexibility index (Phi) is 4.62. The third kappa shape index (κ3) is 3.49. The van der Waals surface area contributed by atoms with Crippen LogP contribution in [0.5, 0.6) is 0 Å². The van der Waals surface area contributed by atoms with Gasteiger partial charge in [0.2, 0.25) is 5.96 Å². The molecule has 0 heterocycles. The predicted octanol–water partition coefficient (Wildman–Crippen LogP) is 2.68. The Morgan fingerprint density at radius 1 is 1.47 bits per heavy atom. The van der Waals surface area contributed by atoms with Crippen molar-refractivity contribution in [2.75, 3.05) is 0 Å². The van der Waals surface area contributed by atoms with Gasteiger partial charge in [0.1, 0.15) is 0 Å².